The van der Waals surface area contributed by atoms with Crippen molar-refractivity contribution in [3.8, 4) is 11.8 Å². The van der Waals surface area contributed by atoms with Gasteiger partial charge < -0.3 is 20.7 Å². The number of hydrogen-bond acceptors (Lipinski definition) is 7. The first-order chi connectivity index (χ1) is 15.7. The van der Waals surface area contributed by atoms with E-state index in [0.29, 0.717) is 30.6 Å². The second kappa shape index (κ2) is 8.84. The number of nitrogens with two attached hydrogens (primary N) is 1. The quantitative estimate of drug-likeness (QED) is 0.358. The molecule has 1 fully saturated rings. The van der Waals surface area contributed by atoms with Crippen LogP contribution in [0, 0.1) is 0 Å². The smallest absolute Gasteiger partial charge is 0.325 e. The van der Waals surface area contributed by atoms with Crippen LogP contribution in [0.15, 0.2) is 54.6 Å². The molecule has 5 rings (SSSR count). The van der Waals surface area contributed by atoms with Crippen LogP contribution in [0.1, 0.15) is 31.4 Å². The maximum Gasteiger partial charge on any atom is 0.325 e. The number of nitrogens with zero attached hydrogens (tertiary/aromatic N) is 4. The first kappa shape index (κ1) is 20.3. The second-order valence-corrected chi connectivity index (χ2v) is 7.98. The summed E-state index contributed by atoms with van der Waals surface area (Å²) in [5.41, 5.74) is 6.97. The Hall–Kier alpha value is -3.65. The Bertz CT molecular complexity index is 1220. The highest BCUT2D eigenvalue weighted by molar-refractivity contribution is 5.83. The first-order valence-electron chi connectivity index (χ1n) is 11.0. The molecule has 2 aromatic carbocycles. The van der Waals surface area contributed by atoms with Gasteiger partial charge in [-0.25, -0.2) is 0 Å². The van der Waals surface area contributed by atoms with Gasteiger partial charge in [-0.05, 0) is 42.7 Å². The molecule has 2 heterocycles. The third-order valence-electron chi connectivity index (χ3n) is 5.60. The van der Waals surface area contributed by atoms with Crippen molar-refractivity contribution in [2.45, 2.75) is 25.7 Å². The number of H-pyrrole nitrogens is 1. The zero-order valence-corrected chi connectivity index (χ0v) is 18.1. The highest BCUT2D eigenvalue weighted by Gasteiger charge is 2.25. The molecule has 2 aromatic heterocycles. The molecular formula is C24H27N7O. The summed E-state index contributed by atoms with van der Waals surface area (Å²) in [6, 6.07) is 18.3. The molecule has 8 heteroatoms. The molecule has 4 aromatic rings. The Labute approximate surface area is 186 Å². The Balaban J connectivity index is 1.45. The average molecular weight is 430 g/mol. The Kier molecular flexibility index (Phi) is 5.60. The summed E-state index contributed by atoms with van der Waals surface area (Å²) < 4.78 is 6.08. The van der Waals surface area contributed by atoms with Gasteiger partial charge in [-0.3, -0.25) is 5.10 Å². The number of likely N-dealkylation sites (N-methyl/N-ethyl adjacent to an activating group) is 1. The van der Waals surface area contributed by atoms with E-state index in [4.69, 9.17) is 10.5 Å². The lowest BCUT2D eigenvalue weighted by Gasteiger charge is -2.22. The van der Waals surface area contributed by atoms with Crippen molar-refractivity contribution in [2.24, 2.45) is 5.73 Å². The van der Waals surface area contributed by atoms with E-state index in [1.54, 1.807) is 0 Å². The van der Waals surface area contributed by atoms with Gasteiger partial charge in [-0.15, -0.1) is 0 Å². The van der Waals surface area contributed by atoms with Crippen LogP contribution in [0.4, 0.5) is 17.5 Å². The van der Waals surface area contributed by atoms with Gasteiger partial charge in [0.15, 0.2) is 5.82 Å². The van der Waals surface area contributed by atoms with Crippen LogP contribution in [0.25, 0.3) is 10.8 Å². The summed E-state index contributed by atoms with van der Waals surface area (Å²) in [5.74, 6) is 3.39. The van der Waals surface area contributed by atoms with E-state index in [-0.39, 0.29) is 6.01 Å². The van der Waals surface area contributed by atoms with Crippen molar-refractivity contribution >= 4 is 28.2 Å². The predicted octanol–water partition coefficient (Wildman–Crippen LogP) is 4.55. The van der Waals surface area contributed by atoms with E-state index in [0.717, 1.165) is 34.6 Å². The summed E-state index contributed by atoms with van der Waals surface area (Å²) in [4.78, 5) is 11.3. The SMILES string of the molecule is CCN(CCN)c1cc(Nc2cc(C3CC3)[nH]n2)nc(Oc2ccc3ccccc3c2)n1. The lowest BCUT2D eigenvalue weighted by molar-refractivity contribution is 0.443. The summed E-state index contributed by atoms with van der Waals surface area (Å²) in [7, 11) is 0. The standard InChI is InChI=1S/C24H27N7O/c1-2-31(12-11-25)23-15-21(26-22-14-20(29-30-22)17-7-8-17)27-24(28-23)32-19-10-9-16-5-3-4-6-18(16)13-19/h3-6,9-10,13-15,17H,2,7-8,11-12,25H2,1H3,(H2,26,27,28,29,30). The van der Waals surface area contributed by atoms with Crippen molar-refractivity contribution in [3.63, 3.8) is 0 Å². The topological polar surface area (TPSA) is 105 Å². The van der Waals surface area contributed by atoms with Crippen LogP contribution in [-0.2, 0) is 0 Å². The van der Waals surface area contributed by atoms with Gasteiger partial charge in [0.05, 0.1) is 0 Å². The fourth-order valence-corrected chi connectivity index (χ4v) is 3.75. The van der Waals surface area contributed by atoms with Gasteiger partial charge in [0, 0.05) is 43.4 Å². The zero-order chi connectivity index (χ0) is 21.9. The average Bonchev–Trinajstić information content (AvgIpc) is 3.56. The molecule has 1 aliphatic rings. The fraction of sp³-hybridized carbons (Fsp3) is 0.292. The lowest BCUT2D eigenvalue weighted by atomic mass is 10.1. The number of nitrogens with one attached hydrogen (secondary N) is 2. The molecule has 1 aliphatic carbocycles. The van der Waals surface area contributed by atoms with E-state index in [1.807, 2.05) is 42.5 Å². The van der Waals surface area contributed by atoms with E-state index >= 15 is 0 Å². The molecular weight excluding hydrogens is 402 g/mol. The number of rotatable bonds is 9. The third-order valence-corrected chi connectivity index (χ3v) is 5.60. The van der Waals surface area contributed by atoms with Crippen molar-refractivity contribution in [1.82, 2.24) is 20.2 Å². The number of aromatic amines is 1. The number of aromatic nitrogens is 4. The molecule has 32 heavy (non-hydrogen) atoms. The number of hydrogen-bond donors (Lipinski definition) is 3. The molecule has 0 atom stereocenters. The maximum absolute atomic E-state index is 6.08. The first-order valence-corrected chi connectivity index (χ1v) is 11.0. The Morgan fingerprint density at radius 2 is 1.91 bits per heavy atom. The maximum atomic E-state index is 6.08. The largest absolute Gasteiger partial charge is 0.424 e. The van der Waals surface area contributed by atoms with Crippen molar-refractivity contribution < 1.29 is 4.74 Å². The number of anilines is 3. The third kappa shape index (κ3) is 4.50. The highest BCUT2D eigenvalue weighted by Crippen LogP contribution is 2.39. The molecule has 0 bridgehead atoms. The van der Waals surface area contributed by atoms with Crippen molar-refractivity contribution in [3.05, 3.63) is 60.3 Å². The predicted molar refractivity (Wildman–Crippen MR) is 127 cm³/mol. The summed E-state index contributed by atoms with van der Waals surface area (Å²) in [5, 5.41) is 13.0. The fourth-order valence-electron chi connectivity index (χ4n) is 3.75. The van der Waals surface area contributed by atoms with Crippen LogP contribution < -0.4 is 20.7 Å². The normalized spacial score (nSPS) is 13.3. The summed E-state index contributed by atoms with van der Waals surface area (Å²) in [6.07, 6.45) is 2.43. The van der Waals surface area contributed by atoms with Gasteiger partial charge in [-0.2, -0.15) is 15.1 Å². The number of benzene rings is 2. The van der Waals surface area contributed by atoms with Crippen molar-refractivity contribution in [1.29, 1.82) is 0 Å². The molecule has 0 saturated heterocycles. The molecule has 1 saturated carbocycles. The molecule has 8 nitrogen and oxygen atoms in total. The van der Waals surface area contributed by atoms with E-state index < -0.39 is 0 Å². The van der Waals surface area contributed by atoms with Crippen LogP contribution in [0.5, 0.6) is 11.8 Å². The van der Waals surface area contributed by atoms with Gasteiger partial charge >= 0.3 is 6.01 Å². The van der Waals surface area contributed by atoms with Crippen molar-refractivity contribution in [2.75, 3.05) is 29.9 Å². The van der Waals surface area contributed by atoms with E-state index in [2.05, 4.69) is 49.4 Å². The summed E-state index contributed by atoms with van der Waals surface area (Å²) in [6.45, 7) is 4.07. The molecule has 0 radical (unpaired) electrons. The van der Waals surface area contributed by atoms with Crippen LogP contribution in [0.3, 0.4) is 0 Å². The van der Waals surface area contributed by atoms with E-state index in [9.17, 15) is 0 Å². The van der Waals surface area contributed by atoms with Crippen LogP contribution in [0.2, 0.25) is 0 Å². The molecule has 4 N–H and O–H groups in total. The Morgan fingerprint density at radius 1 is 1.06 bits per heavy atom. The molecule has 0 aliphatic heterocycles. The lowest BCUT2D eigenvalue weighted by Crippen LogP contribution is -2.30. The highest BCUT2D eigenvalue weighted by atomic mass is 16.5. The van der Waals surface area contributed by atoms with E-state index in [1.165, 1.54) is 12.8 Å². The van der Waals surface area contributed by atoms with Crippen LogP contribution >= 0.6 is 0 Å². The molecule has 0 spiro atoms. The molecule has 164 valence electrons. The Morgan fingerprint density at radius 3 is 2.69 bits per heavy atom. The van der Waals surface area contributed by atoms with Gasteiger partial charge in [0.25, 0.3) is 0 Å². The minimum absolute atomic E-state index is 0.272. The second-order valence-electron chi connectivity index (χ2n) is 7.98. The van der Waals surface area contributed by atoms with Gasteiger partial charge in [-0.1, -0.05) is 30.3 Å². The number of ether oxygens (including phenoxy) is 1. The van der Waals surface area contributed by atoms with Crippen LogP contribution in [-0.4, -0.2) is 39.8 Å². The minimum atomic E-state index is 0.272. The minimum Gasteiger partial charge on any atom is -0.424 e. The molecule has 0 unspecified atom stereocenters. The number of fused-ring (bicyclic) bond motifs is 1. The molecule has 0 amide bonds. The monoisotopic (exact) mass is 429 g/mol. The summed E-state index contributed by atoms with van der Waals surface area (Å²) >= 11 is 0. The zero-order valence-electron chi connectivity index (χ0n) is 18.1. The van der Waals surface area contributed by atoms with Gasteiger partial charge in [0.2, 0.25) is 0 Å². The van der Waals surface area contributed by atoms with Gasteiger partial charge in [0.1, 0.15) is 17.4 Å².